The van der Waals surface area contributed by atoms with Gasteiger partial charge in [-0.15, -0.1) is 0 Å². The van der Waals surface area contributed by atoms with Gasteiger partial charge in [-0.2, -0.15) is 0 Å². The Morgan fingerprint density at radius 2 is 2.23 bits per heavy atom. The molecular weight excluding hydrogens is 300 g/mol. The summed E-state index contributed by atoms with van der Waals surface area (Å²) in [4.78, 5) is 18.1. The molecule has 2 rings (SSSR count). The Hall–Kier alpha value is -1.75. The van der Waals surface area contributed by atoms with Crippen LogP contribution in [0.5, 0.6) is 0 Å². The summed E-state index contributed by atoms with van der Waals surface area (Å²) in [5.41, 5.74) is 1.10. The summed E-state index contributed by atoms with van der Waals surface area (Å²) in [5, 5.41) is 6.86. The summed E-state index contributed by atoms with van der Waals surface area (Å²) in [7, 11) is 1.95. The van der Waals surface area contributed by atoms with Gasteiger partial charge >= 0.3 is 0 Å². The van der Waals surface area contributed by atoms with E-state index < -0.39 is 0 Å². The topological polar surface area (TPSA) is 56.7 Å². The lowest BCUT2D eigenvalue weighted by Gasteiger charge is -2.22. The first-order valence-electron chi connectivity index (χ1n) is 7.61. The average Bonchev–Trinajstić information content (AvgIpc) is 3.27. The van der Waals surface area contributed by atoms with Gasteiger partial charge in [-0.3, -0.25) is 4.79 Å². The van der Waals surface area contributed by atoms with E-state index in [2.05, 4.69) is 15.6 Å². The Bertz CT molecular complexity index is 543. The third-order valence-corrected chi connectivity index (χ3v) is 3.56. The maximum absolute atomic E-state index is 11.7. The molecule has 1 saturated carbocycles. The molecule has 0 aromatic heterocycles. The van der Waals surface area contributed by atoms with Gasteiger partial charge < -0.3 is 15.5 Å². The van der Waals surface area contributed by atoms with Crippen LogP contribution in [0.1, 0.15) is 25.3 Å². The van der Waals surface area contributed by atoms with Crippen molar-refractivity contribution in [2.45, 2.75) is 32.4 Å². The molecule has 1 aliphatic carbocycles. The van der Waals surface area contributed by atoms with Crippen LogP contribution in [0.25, 0.3) is 0 Å². The second-order valence-electron chi connectivity index (χ2n) is 5.50. The van der Waals surface area contributed by atoms with Crippen molar-refractivity contribution >= 4 is 23.5 Å². The number of aliphatic imine (C=N–C) groups is 1. The molecule has 1 aromatic carbocycles. The summed E-state index contributed by atoms with van der Waals surface area (Å²) in [6, 6.07) is 8.10. The lowest BCUT2D eigenvalue weighted by atomic mass is 10.2. The molecule has 1 fully saturated rings. The SMILES string of the molecule is CCNC(=NCC(=O)NC1CC1)N(C)Cc1cccc(Cl)c1. The fraction of sp³-hybridized carbons (Fsp3) is 0.500. The zero-order valence-corrected chi connectivity index (χ0v) is 13.9. The van der Waals surface area contributed by atoms with Gasteiger partial charge in [0.15, 0.2) is 5.96 Å². The van der Waals surface area contributed by atoms with E-state index in [4.69, 9.17) is 11.6 Å². The molecule has 0 spiro atoms. The highest BCUT2D eigenvalue weighted by molar-refractivity contribution is 6.30. The molecule has 0 radical (unpaired) electrons. The quantitative estimate of drug-likeness (QED) is 0.622. The highest BCUT2D eigenvalue weighted by atomic mass is 35.5. The number of halogens is 1. The predicted octanol–water partition coefficient (Wildman–Crippen LogP) is 2.02. The molecule has 0 bridgehead atoms. The van der Waals surface area contributed by atoms with E-state index in [9.17, 15) is 4.79 Å². The average molecular weight is 323 g/mol. The second-order valence-corrected chi connectivity index (χ2v) is 5.93. The van der Waals surface area contributed by atoms with Gasteiger partial charge in [-0.25, -0.2) is 4.99 Å². The van der Waals surface area contributed by atoms with Crippen LogP contribution in [0.15, 0.2) is 29.3 Å². The van der Waals surface area contributed by atoms with E-state index in [0.717, 1.165) is 30.0 Å². The summed E-state index contributed by atoms with van der Waals surface area (Å²) in [6.07, 6.45) is 2.17. The number of hydrogen-bond donors (Lipinski definition) is 2. The molecule has 1 aliphatic rings. The van der Waals surface area contributed by atoms with Gasteiger partial charge in [0.2, 0.25) is 5.91 Å². The third kappa shape index (κ3) is 5.56. The number of rotatable bonds is 6. The van der Waals surface area contributed by atoms with E-state index in [0.29, 0.717) is 18.5 Å². The third-order valence-electron chi connectivity index (χ3n) is 3.32. The summed E-state index contributed by atoms with van der Waals surface area (Å²) in [5.74, 6) is 0.697. The number of benzene rings is 1. The molecule has 1 aromatic rings. The minimum Gasteiger partial charge on any atom is -0.357 e. The van der Waals surface area contributed by atoms with Crippen LogP contribution in [0, 0.1) is 0 Å². The maximum atomic E-state index is 11.7. The van der Waals surface area contributed by atoms with Gasteiger partial charge in [0, 0.05) is 31.2 Å². The molecule has 0 unspecified atom stereocenters. The first kappa shape index (κ1) is 16.6. The molecule has 0 aliphatic heterocycles. The fourth-order valence-corrected chi connectivity index (χ4v) is 2.31. The van der Waals surface area contributed by atoms with Crippen molar-refractivity contribution in [3.05, 3.63) is 34.9 Å². The molecule has 0 heterocycles. The van der Waals surface area contributed by atoms with Crippen LogP contribution in [0.2, 0.25) is 5.02 Å². The molecular formula is C16H23ClN4O. The van der Waals surface area contributed by atoms with Crippen LogP contribution in [-0.4, -0.2) is 42.9 Å². The van der Waals surface area contributed by atoms with Gasteiger partial charge in [0.1, 0.15) is 6.54 Å². The van der Waals surface area contributed by atoms with Crippen molar-refractivity contribution < 1.29 is 4.79 Å². The van der Waals surface area contributed by atoms with E-state index in [1.807, 2.05) is 43.1 Å². The van der Waals surface area contributed by atoms with Crippen LogP contribution < -0.4 is 10.6 Å². The maximum Gasteiger partial charge on any atom is 0.242 e. The van der Waals surface area contributed by atoms with Gasteiger partial charge in [0.05, 0.1) is 0 Å². The molecule has 0 atom stereocenters. The smallest absolute Gasteiger partial charge is 0.242 e. The highest BCUT2D eigenvalue weighted by Crippen LogP contribution is 2.18. The van der Waals surface area contributed by atoms with E-state index in [-0.39, 0.29) is 12.5 Å². The largest absolute Gasteiger partial charge is 0.357 e. The normalized spacial score (nSPS) is 14.6. The van der Waals surface area contributed by atoms with Crippen LogP contribution in [-0.2, 0) is 11.3 Å². The van der Waals surface area contributed by atoms with E-state index in [1.165, 1.54) is 0 Å². The number of hydrogen-bond acceptors (Lipinski definition) is 2. The van der Waals surface area contributed by atoms with Crippen LogP contribution >= 0.6 is 11.6 Å². The van der Waals surface area contributed by atoms with E-state index in [1.54, 1.807) is 0 Å². The van der Waals surface area contributed by atoms with Crippen molar-refractivity contribution in [2.24, 2.45) is 4.99 Å². The predicted molar refractivity (Wildman–Crippen MR) is 90.1 cm³/mol. The minimum atomic E-state index is -0.0194. The molecule has 0 saturated heterocycles. The van der Waals surface area contributed by atoms with E-state index >= 15 is 0 Å². The lowest BCUT2D eigenvalue weighted by Crippen LogP contribution is -2.39. The van der Waals surface area contributed by atoms with Crippen LogP contribution in [0.4, 0.5) is 0 Å². The number of amides is 1. The number of carbonyl (C=O) groups is 1. The van der Waals surface area contributed by atoms with Crippen molar-refractivity contribution in [1.29, 1.82) is 0 Å². The number of nitrogens with zero attached hydrogens (tertiary/aromatic N) is 2. The monoisotopic (exact) mass is 322 g/mol. The van der Waals surface area contributed by atoms with Gasteiger partial charge in [-0.05, 0) is 37.5 Å². The Balaban J connectivity index is 1.94. The Morgan fingerprint density at radius 1 is 1.45 bits per heavy atom. The Labute approximate surface area is 136 Å². The first-order chi connectivity index (χ1) is 10.6. The number of nitrogens with one attached hydrogen (secondary N) is 2. The molecule has 22 heavy (non-hydrogen) atoms. The Kier molecular flexibility index (Phi) is 6.07. The van der Waals surface area contributed by atoms with Crippen molar-refractivity contribution in [2.75, 3.05) is 20.1 Å². The summed E-state index contributed by atoms with van der Waals surface area (Å²) >= 11 is 6.01. The molecule has 5 nitrogen and oxygen atoms in total. The molecule has 6 heteroatoms. The van der Waals surface area contributed by atoms with Crippen molar-refractivity contribution in [3.8, 4) is 0 Å². The zero-order chi connectivity index (χ0) is 15.9. The van der Waals surface area contributed by atoms with Crippen LogP contribution in [0.3, 0.4) is 0 Å². The van der Waals surface area contributed by atoms with Gasteiger partial charge in [-0.1, -0.05) is 23.7 Å². The summed E-state index contributed by atoms with van der Waals surface area (Å²) < 4.78 is 0. The molecule has 1 amide bonds. The van der Waals surface area contributed by atoms with Crippen molar-refractivity contribution in [3.63, 3.8) is 0 Å². The van der Waals surface area contributed by atoms with Crippen molar-refractivity contribution in [1.82, 2.24) is 15.5 Å². The minimum absolute atomic E-state index is 0.0194. The Morgan fingerprint density at radius 3 is 2.86 bits per heavy atom. The van der Waals surface area contributed by atoms with Gasteiger partial charge in [0.25, 0.3) is 0 Å². The number of carbonyl (C=O) groups excluding carboxylic acids is 1. The highest BCUT2D eigenvalue weighted by Gasteiger charge is 2.22. The standard InChI is InChI=1S/C16H23ClN4O/c1-3-18-16(19-10-15(22)20-14-7-8-14)21(2)11-12-5-4-6-13(17)9-12/h4-6,9,14H,3,7-8,10-11H2,1-2H3,(H,18,19)(H,20,22). The second kappa shape index (κ2) is 8.03. The first-order valence-corrected chi connectivity index (χ1v) is 7.99. The lowest BCUT2D eigenvalue weighted by molar-refractivity contribution is -0.119. The molecule has 2 N–H and O–H groups in total. The number of guanidine groups is 1. The fourth-order valence-electron chi connectivity index (χ4n) is 2.10. The summed E-state index contributed by atoms with van der Waals surface area (Å²) in [6.45, 7) is 3.59. The molecule has 120 valence electrons. The zero-order valence-electron chi connectivity index (χ0n) is 13.1.